The van der Waals surface area contributed by atoms with Crippen LogP contribution in [0.5, 0.6) is 0 Å². The van der Waals surface area contributed by atoms with Crippen LogP contribution in [0.1, 0.15) is 11.1 Å². The molecule has 0 aliphatic carbocycles. The molecule has 3 heteroatoms. The van der Waals surface area contributed by atoms with Gasteiger partial charge in [0.15, 0.2) is 5.60 Å². The number of fused-ring (bicyclic) bond motifs is 1. The van der Waals surface area contributed by atoms with Crippen molar-refractivity contribution in [3.05, 3.63) is 114 Å². The molecular formula is C26H21NOS. The van der Waals surface area contributed by atoms with Crippen molar-refractivity contribution in [2.75, 3.05) is 12.3 Å². The van der Waals surface area contributed by atoms with Gasteiger partial charge >= 0.3 is 0 Å². The lowest BCUT2D eigenvalue weighted by atomic mass is 9.91. The Kier molecular flexibility index (Phi) is 4.82. The highest BCUT2D eigenvalue weighted by Gasteiger charge is 2.41. The fourth-order valence-corrected chi connectivity index (χ4v) is 4.87. The Bertz CT molecular complexity index is 1150. The van der Waals surface area contributed by atoms with Gasteiger partial charge in [0.05, 0.1) is 6.54 Å². The highest BCUT2D eigenvalue weighted by Crippen LogP contribution is 2.40. The second kappa shape index (κ2) is 7.76. The monoisotopic (exact) mass is 395 g/mol. The number of benzene rings is 4. The number of nitrogens with zero attached hydrogens (tertiary/aromatic N) is 1. The third-order valence-corrected chi connectivity index (χ3v) is 6.50. The normalized spacial score (nSPS) is 18.4. The Morgan fingerprint density at radius 1 is 0.759 bits per heavy atom. The fraction of sp³-hybridized carbons (Fsp3) is 0.115. The molecule has 142 valence electrons. The van der Waals surface area contributed by atoms with Crippen molar-refractivity contribution >= 4 is 28.4 Å². The molecule has 29 heavy (non-hydrogen) atoms. The Balaban J connectivity index is 1.55. The predicted molar refractivity (Wildman–Crippen MR) is 122 cm³/mol. The van der Waals surface area contributed by atoms with E-state index in [-0.39, 0.29) is 0 Å². The summed E-state index contributed by atoms with van der Waals surface area (Å²) in [4.78, 5) is 6.08. The summed E-state index contributed by atoms with van der Waals surface area (Å²) in [6.07, 6.45) is 0. The first-order valence-corrected chi connectivity index (χ1v) is 10.8. The van der Waals surface area contributed by atoms with Gasteiger partial charge in [0.1, 0.15) is 0 Å². The van der Waals surface area contributed by atoms with E-state index in [1.165, 1.54) is 21.2 Å². The fourth-order valence-electron chi connectivity index (χ4n) is 3.81. The SMILES string of the molecule is c1ccc(SCC2(c3cccc4ccccc34)CN=C(c3ccccc3)O2)cc1. The van der Waals surface area contributed by atoms with E-state index in [1.807, 2.05) is 36.0 Å². The van der Waals surface area contributed by atoms with Crippen molar-refractivity contribution in [1.82, 2.24) is 0 Å². The predicted octanol–water partition coefficient (Wildman–Crippen LogP) is 6.30. The summed E-state index contributed by atoms with van der Waals surface area (Å²) in [5, 5.41) is 2.46. The van der Waals surface area contributed by atoms with Gasteiger partial charge in [-0.05, 0) is 35.0 Å². The van der Waals surface area contributed by atoms with Crippen LogP contribution in [-0.4, -0.2) is 18.2 Å². The zero-order chi connectivity index (χ0) is 19.5. The summed E-state index contributed by atoms with van der Waals surface area (Å²) >= 11 is 1.82. The molecule has 1 unspecified atom stereocenters. The first kappa shape index (κ1) is 18.0. The standard InChI is InChI=1S/C26H21NOS/c1-3-11-21(12-4-1)25-27-18-26(28-25,19-29-22-14-5-2-6-15-22)24-17-9-13-20-10-7-8-16-23(20)24/h1-17H,18-19H2. The zero-order valence-electron chi connectivity index (χ0n) is 16.0. The maximum atomic E-state index is 6.68. The first-order chi connectivity index (χ1) is 14.3. The third-order valence-electron chi connectivity index (χ3n) is 5.29. The minimum atomic E-state index is -0.494. The molecule has 0 fully saturated rings. The van der Waals surface area contributed by atoms with Crippen LogP contribution in [0.4, 0.5) is 0 Å². The van der Waals surface area contributed by atoms with E-state index >= 15 is 0 Å². The van der Waals surface area contributed by atoms with Crippen LogP contribution in [0.3, 0.4) is 0 Å². The molecule has 0 bridgehead atoms. The van der Waals surface area contributed by atoms with E-state index in [0.717, 1.165) is 17.2 Å². The molecule has 0 N–H and O–H groups in total. The van der Waals surface area contributed by atoms with Gasteiger partial charge in [0.25, 0.3) is 0 Å². The number of hydrogen-bond acceptors (Lipinski definition) is 3. The first-order valence-electron chi connectivity index (χ1n) is 9.79. The van der Waals surface area contributed by atoms with Crippen LogP contribution in [0.25, 0.3) is 10.8 Å². The van der Waals surface area contributed by atoms with Crippen molar-refractivity contribution in [3.8, 4) is 0 Å². The van der Waals surface area contributed by atoms with E-state index in [1.54, 1.807) is 0 Å². The molecule has 5 rings (SSSR count). The molecule has 0 radical (unpaired) electrons. The number of rotatable bonds is 5. The zero-order valence-corrected chi connectivity index (χ0v) is 16.8. The summed E-state index contributed by atoms with van der Waals surface area (Å²) in [5.41, 5.74) is 1.74. The van der Waals surface area contributed by atoms with Crippen molar-refractivity contribution in [1.29, 1.82) is 0 Å². The lowest BCUT2D eigenvalue weighted by Gasteiger charge is -2.30. The van der Waals surface area contributed by atoms with Gasteiger partial charge in [-0.15, -0.1) is 11.8 Å². The summed E-state index contributed by atoms with van der Waals surface area (Å²) < 4.78 is 6.68. The van der Waals surface area contributed by atoms with Gasteiger partial charge in [0, 0.05) is 21.8 Å². The lowest BCUT2D eigenvalue weighted by Crippen LogP contribution is -2.33. The van der Waals surface area contributed by atoms with Crippen molar-refractivity contribution in [2.24, 2.45) is 4.99 Å². The minimum absolute atomic E-state index is 0.494. The summed E-state index contributed by atoms with van der Waals surface area (Å²) in [6, 6.07) is 35.7. The largest absolute Gasteiger partial charge is 0.463 e. The van der Waals surface area contributed by atoms with E-state index in [0.29, 0.717) is 6.54 Å². The van der Waals surface area contributed by atoms with Crippen molar-refractivity contribution < 1.29 is 4.74 Å². The van der Waals surface area contributed by atoms with Gasteiger partial charge in [-0.2, -0.15) is 0 Å². The summed E-state index contributed by atoms with van der Waals surface area (Å²) in [6.45, 7) is 0.616. The minimum Gasteiger partial charge on any atom is -0.463 e. The Hall–Kier alpha value is -3.04. The van der Waals surface area contributed by atoms with Crippen molar-refractivity contribution in [2.45, 2.75) is 10.5 Å². The van der Waals surface area contributed by atoms with E-state index in [2.05, 4.69) is 78.9 Å². The molecule has 1 aliphatic heterocycles. The summed E-state index contributed by atoms with van der Waals surface area (Å²) in [7, 11) is 0. The summed E-state index contributed by atoms with van der Waals surface area (Å²) in [5.74, 6) is 1.53. The quantitative estimate of drug-likeness (QED) is 0.370. The molecule has 0 saturated carbocycles. The van der Waals surface area contributed by atoms with Gasteiger partial charge in [-0.1, -0.05) is 78.9 Å². The highest BCUT2D eigenvalue weighted by atomic mass is 32.2. The van der Waals surface area contributed by atoms with Crippen LogP contribution in [0.15, 0.2) is 113 Å². The van der Waals surface area contributed by atoms with E-state index in [9.17, 15) is 0 Å². The second-order valence-electron chi connectivity index (χ2n) is 7.21. The Morgan fingerprint density at radius 2 is 1.45 bits per heavy atom. The van der Waals surface area contributed by atoms with Crippen LogP contribution >= 0.6 is 11.8 Å². The third kappa shape index (κ3) is 3.54. The average Bonchev–Trinajstić information content (AvgIpc) is 3.24. The van der Waals surface area contributed by atoms with Crippen molar-refractivity contribution in [3.63, 3.8) is 0 Å². The highest BCUT2D eigenvalue weighted by molar-refractivity contribution is 7.99. The number of ether oxygens (including phenoxy) is 1. The van der Waals surface area contributed by atoms with Gasteiger partial charge in [0.2, 0.25) is 5.90 Å². The molecule has 0 amide bonds. The second-order valence-corrected chi connectivity index (χ2v) is 8.26. The Labute approximate surface area is 175 Å². The van der Waals surface area contributed by atoms with Crippen LogP contribution in [-0.2, 0) is 10.3 Å². The molecule has 1 atom stereocenters. The van der Waals surface area contributed by atoms with Crippen LogP contribution < -0.4 is 0 Å². The molecule has 1 heterocycles. The van der Waals surface area contributed by atoms with Crippen LogP contribution in [0.2, 0.25) is 0 Å². The van der Waals surface area contributed by atoms with Gasteiger partial charge in [-0.25, -0.2) is 4.99 Å². The Morgan fingerprint density at radius 3 is 2.28 bits per heavy atom. The molecule has 4 aromatic carbocycles. The topological polar surface area (TPSA) is 21.6 Å². The number of thioether (sulfide) groups is 1. The molecule has 0 aromatic heterocycles. The molecular weight excluding hydrogens is 374 g/mol. The lowest BCUT2D eigenvalue weighted by molar-refractivity contribution is 0.116. The maximum absolute atomic E-state index is 6.68. The smallest absolute Gasteiger partial charge is 0.217 e. The molecule has 2 nitrogen and oxygen atoms in total. The van der Waals surface area contributed by atoms with Gasteiger partial charge < -0.3 is 4.74 Å². The average molecular weight is 396 g/mol. The number of hydrogen-bond donors (Lipinski definition) is 0. The molecule has 4 aromatic rings. The molecule has 0 saturated heterocycles. The van der Waals surface area contributed by atoms with Crippen LogP contribution in [0, 0.1) is 0 Å². The molecule has 0 spiro atoms. The maximum Gasteiger partial charge on any atom is 0.217 e. The number of aliphatic imine (C=N–C) groups is 1. The molecule has 1 aliphatic rings. The van der Waals surface area contributed by atoms with E-state index in [4.69, 9.17) is 9.73 Å². The van der Waals surface area contributed by atoms with E-state index < -0.39 is 5.60 Å². The van der Waals surface area contributed by atoms with Gasteiger partial charge in [-0.3, -0.25) is 0 Å².